The van der Waals surface area contributed by atoms with Crippen LogP contribution in [0.5, 0.6) is 0 Å². The first-order chi connectivity index (χ1) is 9.91. The summed E-state index contributed by atoms with van der Waals surface area (Å²) in [6, 6.07) is 0.622. The van der Waals surface area contributed by atoms with E-state index in [-0.39, 0.29) is 11.3 Å². The Bertz CT molecular complexity index is 520. The molecule has 0 aromatic carbocycles. The van der Waals surface area contributed by atoms with Crippen LogP contribution in [-0.2, 0) is 16.8 Å². The number of carbonyl (C=O) groups excluding carboxylic acids is 1. The highest BCUT2D eigenvalue weighted by atomic mass is 16.5. The summed E-state index contributed by atoms with van der Waals surface area (Å²) in [6.07, 6.45) is 3.85. The van der Waals surface area contributed by atoms with E-state index in [0.717, 1.165) is 12.5 Å². The van der Waals surface area contributed by atoms with Gasteiger partial charge in [-0.3, -0.25) is 9.69 Å². The van der Waals surface area contributed by atoms with Gasteiger partial charge in [-0.2, -0.15) is 4.98 Å². The number of likely N-dealkylation sites (tertiary alicyclic amines) is 1. The number of nitrogens with one attached hydrogen (secondary N) is 1. The molecule has 1 saturated heterocycles. The van der Waals surface area contributed by atoms with E-state index in [1.165, 1.54) is 19.3 Å². The molecule has 2 heterocycles. The molecule has 2 aliphatic rings. The van der Waals surface area contributed by atoms with Gasteiger partial charge in [0.25, 0.3) is 0 Å². The lowest BCUT2D eigenvalue weighted by atomic mass is 9.96. The Hall–Kier alpha value is -1.43. The number of carbonyl (C=O) groups is 1. The van der Waals surface area contributed by atoms with Gasteiger partial charge < -0.3 is 9.84 Å². The summed E-state index contributed by atoms with van der Waals surface area (Å²) in [4.78, 5) is 18.6. The van der Waals surface area contributed by atoms with Crippen LogP contribution in [0.2, 0.25) is 0 Å². The third kappa shape index (κ3) is 3.26. The zero-order valence-electron chi connectivity index (χ0n) is 13.1. The Kier molecular flexibility index (Phi) is 3.73. The number of hydrogen-bond acceptors (Lipinski definition) is 5. The Morgan fingerprint density at radius 2 is 2.24 bits per heavy atom. The first kappa shape index (κ1) is 14.5. The number of aromatic nitrogens is 2. The molecule has 1 saturated carbocycles. The Labute approximate surface area is 125 Å². The first-order valence-electron chi connectivity index (χ1n) is 7.75. The fourth-order valence-electron chi connectivity index (χ4n) is 3.27. The van der Waals surface area contributed by atoms with Gasteiger partial charge >= 0.3 is 0 Å². The van der Waals surface area contributed by atoms with E-state index in [2.05, 4.69) is 20.4 Å². The highest BCUT2D eigenvalue weighted by Gasteiger charge is 2.38. The van der Waals surface area contributed by atoms with E-state index in [1.54, 1.807) is 0 Å². The zero-order chi connectivity index (χ0) is 15.0. The standard InChI is InChI=1S/C15H24N4O2/c1-15(2,3)14-17-13(21-18-14)7-16-12(20)9-19-8-10-4-5-11(19)6-10/h10-11H,4-9H2,1-3H3,(H,16,20)/t10-,11+/m0/s1. The fourth-order valence-corrected chi connectivity index (χ4v) is 3.27. The first-order valence-corrected chi connectivity index (χ1v) is 7.75. The maximum atomic E-state index is 12.0. The third-order valence-electron chi connectivity index (χ3n) is 4.45. The van der Waals surface area contributed by atoms with Crippen molar-refractivity contribution in [2.75, 3.05) is 13.1 Å². The second-order valence-corrected chi connectivity index (χ2v) is 7.30. The molecular weight excluding hydrogens is 268 g/mol. The molecule has 1 amide bonds. The molecule has 0 unspecified atom stereocenters. The normalized spacial score (nSPS) is 25.5. The maximum absolute atomic E-state index is 12.0. The molecule has 3 rings (SSSR count). The van der Waals surface area contributed by atoms with Crippen LogP contribution in [0.1, 0.15) is 51.7 Å². The van der Waals surface area contributed by atoms with Crippen molar-refractivity contribution in [2.45, 2.75) is 58.0 Å². The number of rotatable bonds is 4. The summed E-state index contributed by atoms with van der Waals surface area (Å²) in [7, 11) is 0. The van der Waals surface area contributed by atoms with Crippen LogP contribution in [-0.4, -0.2) is 40.1 Å². The van der Waals surface area contributed by atoms with Crippen molar-refractivity contribution in [3.63, 3.8) is 0 Å². The van der Waals surface area contributed by atoms with Gasteiger partial charge in [-0.1, -0.05) is 25.9 Å². The van der Waals surface area contributed by atoms with E-state index in [4.69, 9.17) is 4.52 Å². The van der Waals surface area contributed by atoms with Gasteiger partial charge in [-0.05, 0) is 25.2 Å². The second-order valence-electron chi connectivity index (χ2n) is 7.30. The number of nitrogens with zero attached hydrogens (tertiary/aromatic N) is 3. The minimum absolute atomic E-state index is 0.0399. The van der Waals surface area contributed by atoms with Gasteiger partial charge in [0, 0.05) is 18.0 Å². The molecule has 0 radical (unpaired) electrons. The summed E-state index contributed by atoms with van der Waals surface area (Å²) in [5.74, 6) is 1.99. The third-order valence-corrected chi connectivity index (χ3v) is 4.45. The van der Waals surface area contributed by atoms with Crippen molar-refractivity contribution in [3.8, 4) is 0 Å². The average molecular weight is 292 g/mol. The Morgan fingerprint density at radius 3 is 2.81 bits per heavy atom. The van der Waals surface area contributed by atoms with Crippen molar-refractivity contribution in [1.82, 2.24) is 20.4 Å². The molecule has 2 fully saturated rings. The molecule has 6 nitrogen and oxygen atoms in total. The lowest BCUT2D eigenvalue weighted by Gasteiger charge is -2.25. The average Bonchev–Trinajstić information content (AvgIpc) is 3.11. The zero-order valence-corrected chi connectivity index (χ0v) is 13.1. The second kappa shape index (κ2) is 5.40. The van der Waals surface area contributed by atoms with E-state index < -0.39 is 0 Å². The van der Waals surface area contributed by atoms with E-state index in [1.807, 2.05) is 20.8 Å². The SMILES string of the molecule is CC(C)(C)c1noc(CNC(=O)CN2C[C@H]3CC[C@@H]2C3)n1. The molecule has 2 bridgehead atoms. The lowest BCUT2D eigenvalue weighted by molar-refractivity contribution is -0.122. The topological polar surface area (TPSA) is 71.3 Å². The quantitative estimate of drug-likeness (QED) is 0.910. The van der Waals surface area contributed by atoms with E-state index in [0.29, 0.717) is 30.8 Å². The van der Waals surface area contributed by atoms with Gasteiger partial charge in [0.05, 0.1) is 13.1 Å². The lowest BCUT2D eigenvalue weighted by Crippen LogP contribution is -2.41. The number of hydrogen-bond donors (Lipinski definition) is 1. The van der Waals surface area contributed by atoms with Crippen LogP contribution in [0, 0.1) is 5.92 Å². The molecular formula is C15H24N4O2. The smallest absolute Gasteiger partial charge is 0.246 e. The summed E-state index contributed by atoms with van der Waals surface area (Å²) < 4.78 is 5.17. The molecule has 1 aromatic heterocycles. The van der Waals surface area contributed by atoms with Crippen molar-refractivity contribution >= 4 is 5.91 Å². The monoisotopic (exact) mass is 292 g/mol. The Balaban J connectivity index is 1.46. The minimum atomic E-state index is -0.138. The fraction of sp³-hybridized carbons (Fsp3) is 0.800. The van der Waals surface area contributed by atoms with Gasteiger partial charge in [0.2, 0.25) is 11.8 Å². The van der Waals surface area contributed by atoms with Crippen molar-refractivity contribution < 1.29 is 9.32 Å². The van der Waals surface area contributed by atoms with E-state index in [9.17, 15) is 4.79 Å². The number of amides is 1. The highest BCUT2D eigenvalue weighted by Crippen LogP contribution is 2.36. The molecule has 116 valence electrons. The van der Waals surface area contributed by atoms with Gasteiger partial charge in [0.1, 0.15) is 0 Å². The summed E-state index contributed by atoms with van der Waals surface area (Å²) in [5.41, 5.74) is -0.138. The summed E-state index contributed by atoms with van der Waals surface area (Å²) in [6.45, 7) is 7.96. The van der Waals surface area contributed by atoms with Crippen LogP contribution in [0.4, 0.5) is 0 Å². The molecule has 1 N–H and O–H groups in total. The van der Waals surface area contributed by atoms with Crippen LogP contribution in [0.25, 0.3) is 0 Å². The molecule has 0 spiro atoms. The van der Waals surface area contributed by atoms with Crippen LogP contribution in [0.3, 0.4) is 0 Å². The number of fused-ring (bicyclic) bond motifs is 2. The highest BCUT2D eigenvalue weighted by molar-refractivity contribution is 5.78. The van der Waals surface area contributed by atoms with E-state index >= 15 is 0 Å². The van der Waals surface area contributed by atoms with Crippen molar-refractivity contribution in [1.29, 1.82) is 0 Å². The summed E-state index contributed by atoms with van der Waals surface area (Å²) >= 11 is 0. The summed E-state index contributed by atoms with van der Waals surface area (Å²) in [5, 5.41) is 6.83. The largest absolute Gasteiger partial charge is 0.346 e. The van der Waals surface area contributed by atoms with Crippen LogP contribution in [0.15, 0.2) is 4.52 Å². The van der Waals surface area contributed by atoms with Crippen molar-refractivity contribution in [2.24, 2.45) is 5.92 Å². The molecule has 2 atom stereocenters. The van der Waals surface area contributed by atoms with Crippen LogP contribution < -0.4 is 5.32 Å². The van der Waals surface area contributed by atoms with Gasteiger partial charge in [-0.25, -0.2) is 0 Å². The molecule has 1 aromatic rings. The number of piperidine rings is 1. The molecule has 1 aliphatic carbocycles. The predicted octanol–water partition coefficient (Wildman–Crippen LogP) is 1.47. The van der Waals surface area contributed by atoms with Crippen molar-refractivity contribution in [3.05, 3.63) is 11.7 Å². The Morgan fingerprint density at radius 1 is 1.43 bits per heavy atom. The van der Waals surface area contributed by atoms with Gasteiger partial charge in [0.15, 0.2) is 5.82 Å². The predicted molar refractivity (Wildman–Crippen MR) is 77.5 cm³/mol. The minimum Gasteiger partial charge on any atom is -0.346 e. The maximum Gasteiger partial charge on any atom is 0.246 e. The van der Waals surface area contributed by atoms with Crippen LogP contribution >= 0.6 is 0 Å². The molecule has 21 heavy (non-hydrogen) atoms. The molecule has 6 heteroatoms. The van der Waals surface area contributed by atoms with Gasteiger partial charge in [-0.15, -0.1) is 0 Å². The molecule has 1 aliphatic heterocycles.